The third-order valence-corrected chi connectivity index (χ3v) is 16.0. The Kier molecular flexibility index (Phi) is 15.4. The second kappa shape index (κ2) is 24.1. The van der Waals surface area contributed by atoms with Gasteiger partial charge in [-0.3, -0.25) is 28.5 Å². The van der Waals surface area contributed by atoms with E-state index in [2.05, 4.69) is 114 Å². The first kappa shape index (κ1) is 54.9. The first-order valence-corrected chi connectivity index (χ1v) is 28.7. The molecule has 0 unspecified atom stereocenters. The van der Waals surface area contributed by atoms with Crippen LogP contribution in [0.25, 0.3) is 67.1 Å². The molecule has 2 aliphatic rings. The molecule has 0 aliphatic carbocycles. The molecule has 22 heteroatoms. The Bertz CT molecular complexity index is 4160. The molecule has 0 N–H and O–H groups in total. The zero-order chi connectivity index (χ0) is 58.7. The number of ether oxygens (including phenoxy) is 2. The van der Waals surface area contributed by atoms with Crippen molar-refractivity contribution in [2.45, 2.75) is 65.7 Å². The maximum absolute atomic E-state index is 14.3. The fraction of sp³-hybridized carbons (Fsp3) is 0.250. The Labute approximate surface area is 494 Å². The minimum absolute atomic E-state index is 0.212. The van der Waals surface area contributed by atoms with E-state index in [0.717, 1.165) is 61.8 Å². The SMILES string of the molecule is COc1ccc(-n2nc(Cn3cnnn3)c3nc(C)n(-c4ccc(-c5ccccc5CN5CCCC5)cc4)c(=O)c32)cc1.COc1ccc(-n2nc(Cn3ncnn3)c3nc(C)n(-c4ccc(-c5ccccc5CN5CCCC5)cc4)c(=O)c32)cc1. The molecule has 22 nitrogen and oxygen atoms in total. The molecule has 0 bridgehead atoms. The van der Waals surface area contributed by atoms with Crippen LogP contribution in [0.5, 0.6) is 11.5 Å². The summed E-state index contributed by atoms with van der Waals surface area (Å²) in [6.45, 7) is 10.6. The lowest BCUT2D eigenvalue weighted by atomic mass is 9.99. The molecule has 6 aromatic carbocycles. The van der Waals surface area contributed by atoms with Gasteiger partial charge < -0.3 is 9.47 Å². The van der Waals surface area contributed by atoms with Crippen molar-refractivity contribution >= 4 is 22.1 Å². The predicted molar refractivity (Wildman–Crippen MR) is 325 cm³/mol. The molecule has 86 heavy (non-hydrogen) atoms. The van der Waals surface area contributed by atoms with Crippen LogP contribution in [0.2, 0.25) is 0 Å². The van der Waals surface area contributed by atoms with Crippen molar-refractivity contribution in [3.05, 3.63) is 213 Å². The Hall–Kier alpha value is -10.3. The lowest BCUT2D eigenvalue weighted by Gasteiger charge is -2.18. The summed E-state index contributed by atoms with van der Waals surface area (Å²) >= 11 is 0. The molecule has 6 aromatic heterocycles. The number of hydrogen-bond acceptors (Lipinski definition) is 16. The first-order chi connectivity index (χ1) is 42.2. The van der Waals surface area contributed by atoms with Crippen LogP contribution in [-0.4, -0.2) is 129 Å². The standard InChI is InChI=1S/2C32H31N9O2/c1-22-34-30-29(20-39-21-33-36-37-39)35-41(26-13-15-27(43-2)16-14-26)31(30)32(42)40(22)25-11-9-23(10-12-25)28-8-4-3-7-24(28)19-38-17-5-6-18-38;1-22-35-30-29(20-39-34-21-33-37-39)36-41(26-13-15-27(43-2)16-14-26)31(30)32(42)40(22)25-11-9-23(10-12-25)28-8-4-3-7-24(28)19-38-17-5-6-18-38/h2*3-4,7-16,21H,5-6,17-20H2,1-2H3. The van der Waals surface area contributed by atoms with Gasteiger partial charge in [-0.1, -0.05) is 72.8 Å². The second-order valence-corrected chi connectivity index (χ2v) is 21.5. The molecule has 432 valence electrons. The van der Waals surface area contributed by atoms with Crippen LogP contribution < -0.4 is 20.6 Å². The highest BCUT2D eigenvalue weighted by atomic mass is 16.5. The normalized spacial score (nSPS) is 13.6. The molecule has 0 saturated carbocycles. The topological polar surface area (TPSA) is 218 Å². The number of aryl methyl sites for hydroxylation is 2. The molecule has 14 rings (SSSR count). The van der Waals surface area contributed by atoms with Crippen molar-refractivity contribution in [2.24, 2.45) is 0 Å². The molecular weight excluding hydrogens is 1080 g/mol. The molecule has 8 heterocycles. The number of fused-ring (bicyclic) bond motifs is 2. The van der Waals surface area contributed by atoms with Crippen molar-refractivity contribution in [2.75, 3.05) is 40.4 Å². The van der Waals surface area contributed by atoms with Gasteiger partial charge in [0.2, 0.25) is 0 Å². The predicted octanol–water partition coefficient (Wildman–Crippen LogP) is 8.37. The third kappa shape index (κ3) is 11.0. The molecule has 2 aliphatic heterocycles. The van der Waals surface area contributed by atoms with E-state index < -0.39 is 0 Å². The van der Waals surface area contributed by atoms with Gasteiger partial charge in [-0.2, -0.15) is 15.0 Å². The van der Waals surface area contributed by atoms with E-state index in [9.17, 15) is 9.59 Å². The number of hydrogen-bond donors (Lipinski definition) is 0. The van der Waals surface area contributed by atoms with Crippen molar-refractivity contribution in [1.82, 2.24) is 88.9 Å². The quantitative estimate of drug-likeness (QED) is 0.0887. The lowest BCUT2D eigenvalue weighted by Crippen LogP contribution is -2.24. The van der Waals surface area contributed by atoms with E-state index >= 15 is 0 Å². The van der Waals surface area contributed by atoms with Gasteiger partial charge >= 0.3 is 0 Å². The Balaban J connectivity index is 0.000000160. The van der Waals surface area contributed by atoms with Gasteiger partial charge in [0, 0.05) is 13.1 Å². The van der Waals surface area contributed by atoms with Crippen LogP contribution in [-0.2, 0) is 26.2 Å². The van der Waals surface area contributed by atoms with E-state index in [4.69, 9.17) is 29.6 Å². The number of tetrazole rings is 2. The summed E-state index contributed by atoms with van der Waals surface area (Å²) < 4.78 is 18.8. The summed E-state index contributed by atoms with van der Waals surface area (Å²) in [7, 11) is 3.23. The molecular formula is C64H62N18O4. The molecule has 0 spiro atoms. The van der Waals surface area contributed by atoms with Gasteiger partial charge in [0.05, 0.1) is 43.5 Å². The van der Waals surface area contributed by atoms with Crippen LogP contribution in [0.4, 0.5) is 0 Å². The van der Waals surface area contributed by atoms with E-state index in [1.807, 2.05) is 86.6 Å². The maximum Gasteiger partial charge on any atom is 0.284 e. The zero-order valence-electron chi connectivity index (χ0n) is 48.2. The molecule has 12 aromatic rings. The zero-order valence-corrected chi connectivity index (χ0v) is 48.2. The summed E-state index contributed by atoms with van der Waals surface area (Å²) in [5, 5.41) is 32.9. The molecule has 2 saturated heterocycles. The number of nitrogens with zero attached hydrogens (tertiary/aromatic N) is 18. The van der Waals surface area contributed by atoms with Crippen LogP contribution in [0, 0.1) is 13.8 Å². The number of likely N-dealkylation sites (tertiary alicyclic amines) is 2. The van der Waals surface area contributed by atoms with Gasteiger partial charge in [-0.25, -0.2) is 24.0 Å². The van der Waals surface area contributed by atoms with E-state index in [1.54, 1.807) is 37.4 Å². The highest BCUT2D eigenvalue weighted by molar-refractivity contribution is 5.81. The van der Waals surface area contributed by atoms with Crippen LogP contribution in [0.3, 0.4) is 0 Å². The minimum Gasteiger partial charge on any atom is -0.497 e. The number of methoxy groups -OCH3 is 2. The minimum atomic E-state index is -0.217. The van der Waals surface area contributed by atoms with Gasteiger partial charge in [0.25, 0.3) is 11.1 Å². The fourth-order valence-electron chi connectivity index (χ4n) is 11.7. The van der Waals surface area contributed by atoms with Gasteiger partial charge in [-0.05, 0) is 188 Å². The van der Waals surface area contributed by atoms with Crippen molar-refractivity contribution in [1.29, 1.82) is 0 Å². The number of benzene rings is 6. The molecule has 0 atom stereocenters. The average molecular weight is 1150 g/mol. The van der Waals surface area contributed by atoms with E-state index in [1.165, 1.54) is 65.4 Å². The van der Waals surface area contributed by atoms with E-state index in [-0.39, 0.29) is 24.2 Å². The molecule has 0 radical (unpaired) electrons. The summed E-state index contributed by atoms with van der Waals surface area (Å²) in [6.07, 6.45) is 7.93. The largest absolute Gasteiger partial charge is 0.497 e. The third-order valence-electron chi connectivity index (χ3n) is 16.0. The smallest absolute Gasteiger partial charge is 0.284 e. The molecule has 2 fully saturated rings. The van der Waals surface area contributed by atoms with Crippen molar-refractivity contribution < 1.29 is 9.47 Å². The van der Waals surface area contributed by atoms with Crippen LogP contribution in [0.1, 0.15) is 59.8 Å². The highest BCUT2D eigenvalue weighted by Crippen LogP contribution is 2.31. The van der Waals surface area contributed by atoms with Crippen LogP contribution in [0.15, 0.2) is 168 Å². The summed E-state index contributed by atoms with van der Waals surface area (Å²) in [4.78, 5) is 44.8. The van der Waals surface area contributed by atoms with E-state index in [0.29, 0.717) is 68.0 Å². The second-order valence-electron chi connectivity index (χ2n) is 21.5. The summed E-state index contributed by atoms with van der Waals surface area (Å²) in [5.74, 6) is 2.54. The van der Waals surface area contributed by atoms with Crippen molar-refractivity contribution in [3.8, 4) is 56.5 Å². The highest BCUT2D eigenvalue weighted by Gasteiger charge is 2.25. The summed E-state index contributed by atoms with van der Waals surface area (Å²) in [6, 6.07) is 48.2. The monoisotopic (exact) mass is 1150 g/mol. The van der Waals surface area contributed by atoms with Gasteiger partial charge in [0.1, 0.15) is 58.4 Å². The van der Waals surface area contributed by atoms with Crippen LogP contribution >= 0.6 is 0 Å². The maximum atomic E-state index is 14.3. The van der Waals surface area contributed by atoms with Gasteiger partial charge in [0.15, 0.2) is 17.4 Å². The first-order valence-electron chi connectivity index (χ1n) is 28.7. The van der Waals surface area contributed by atoms with Crippen molar-refractivity contribution in [3.63, 3.8) is 0 Å². The average Bonchev–Trinajstić information content (AvgIpc) is 1.83. The Morgan fingerprint density at radius 2 is 0.919 bits per heavy atom. The van der Waals surface area contributed by atoms with Gasteiger partial charge in [-0.15, -0.1) is 15.3 Å². The lowest BCUT2D eigenvalue weighted by molar-refractivity contribution is 0.332. The molecule has 0 amide bonds. The number of aromatic nitrogens is 16. The fourth-order valence-corrected chi connectivity index (χ4v) is 11.7. The Morgan fingerprint density at radius 3 is 1.34 bits per heavy atom. The Morgan fingerprint density at radius 1 is 0.477 bits per heavy atom. The number of rotatable bonds is 16. The summed E-state index contributed by atoms with van der Waals surface area (Å²) in [5.41, 5.74) is 12.7.